The van der Waals surface area contributed by atoms with Crippen molar-refractivity contribution < 1.29 is 14.3 Å². The van der Waals surface area contributed by atoms with Gasteiger partial charge in [-0.1, -0.05) is 12.1 Å². The first-order valence-electron chi connectivity index (χ1n) is 6.43. The second-order valence-corrected chi connectivity index (χ2v) is 6.01. The fourth-order valence-electron chi connectivity index (χ4n) is 1.64. The van der Waals surface area contributed by atoms with Crippen molar-refractivity contribution in [3.63, 3.8) is 0 Å². The average molecular weight is 321 g/mol. The number of carbonyl (C=O) groups is 2. The van der Waals surface area contributed by atoms with E-state index < -0.39 is 5.97 Å². The topological polar surface area (TPSA) is 55.4 Å². The molecule has 0 aromatic carbocycles. The zero-order valence-corrected chi connectivity index (χ0v) is 13.1. The molecule has 0 bridgehead atoms. The number of hydrogen-bond acceptors (Lipinski definition) is 5. The Hall–Kier alpha value is -1.92. The highest BCUT2D eigenvalue weighted by molar-refractivity contribution is 7.12. The molecule has 1 amide bonds. The normalized spacial score (nSPS) is 11.2. The third-order valence-electron chi connectivity index (χ3n) is 2.54. The number of nitrogens with one attached hydrogen (secondary N) is 1. The van der Waals surface area contributed by atoms with Gasteiger partial charge in [0.15, 0.2) is 6.61 Å². The first kappa shape index (κ1) is 15.5. The molecule has 0 fully saturated rings. The van der Waals surface area contributed by atoms with E-state index in [4.69, 9.17) is 4.74 Å². The molecule has 2 aromatic rings. The van der Waals surface area contributed by atoms with Gasteiger partial charge >= 0.3 is 5.97 Å². The van der Waals surface area contributed by atoms with E-state index in [9.17, 15) is 9.59 Å². The maximum atomic E-state index is 12.2. The van der Waals surface area contributed by atoms with Crippen molar-refractivity contribution in [1.29, 1.82) is 0 Å². The highest BCUT2D eigenvalue weighted by atomic mass is 32.1. The Kier molecular flexibility index (Phi) is 5.71. The molecular weight excluding hydrogens is 306 g/mol. The average Bonchev–Trinajstić information content (AvgIpc) is 3.15. The molecule has 0 unspecified atom stereocenters. The van der Waals surface area contributed by atoms with Gasteiger partial charge in [-0.15, -0.1) is 22.7 Å². The van der Waals surface area contributed by atoms with Crippen molar-refractivity contribution in [3.05, 3.63) is 44.8 Å². The molecule has 0 aliphatic carbocycles. The lowest BCUT2D eigenvalue weighted by molar-refractivity contribution is -0.142. The van der Waals surface area contributed by atoms with E-state index in [1.807, 2.05) is 41.9 Å². The quantitative estimate of drug-likeness (QED) is 0.657. The lowest BCUT2D eigenvalue weighted by atomic mass is 10.2. The predicted octanol–water partition coefficient (Wildman–Crippen LogP) is 3.03. The number of rotatable bonds is 6. The molecule has 0 atom stereocenters. The summed E-state index contributed by atoms with van der Waals surface area (Å²) in [4.78, 5) is 25.4. The number of likely N-dealkylation sites (N-methyl/N-ethyl adjacent to an activating group) is 1. The van der Waals surface area contributed by atoms with Crippen molar-refractivity contribution in [3.8, 4) is 0 Å². The molecule has 4 nitrogen and oxygen atoms in total. The standard InChI is InChI=1S/C15H15NO3S2/c1-2-16-14(17)10-19-15(18)12(13-6-4-8-21-13)9-11-5-3-7-20-11/h3-9H,2,10H2,1H3,(H,16,17)/b12-9+. The van der Waals surface area contributed by atoms with Gasteiger partial charge in [-0.05, 0) is 35.9 Å². The monoisotopic (exact) mass is 321 g/mol. The molecule has 110 valence electrons. The van der Waals surface area contributed by atoms with Gasteiger partial charge in [0.05, 0.1) is 5.57 Å². The highest BCUT2D eigenvalue weighted by Gasteiger charge is 2.16. The van der Waals surface area contributed by atoms with Gasteiger partial charge in [0.2, 0.25) is 0 Å². The molecule has 2 heterocycles. The summed E-state index contributed by atoms with van der Waals surface area (Å²) in [6.45, 7) is 2.06. The van der Waals surface area contributed by atoms with Crippen LogP contribution in [0.1, 0.15) is 16.7 Å². The van der Waals surface area contributed by atoms with Gasteiger partial charge in [0.25, 0.3) is 5.91 Å². The lowest BCUT2D eigenvalue weighted by Crippen LogP contribution is -2.28. The minimum atomic E-state index is -0.489. The van der Waals surface area contributed by atoms with Gasteiger partial charge in [-0.3, -0.25) is 4.79 Å². The van der Waals surface area contributed by atoms with Crippen LogP contribution in [0.3, 0.4) is 0 Å². The summed E-state index contributed by atoms with van der Waals surface area (Å²) in [7, 11) is 0. The number of hydrogen-bond donors (Lipinski definition) is 1. The molecule has 2 rings (SSSR count). The molecule has 6 heteroatoms. The SMILES string of the molecule is CCNC(=O)COC(=O)/C(=C/c1cccs1)c1cccs1. The molecule has 0 saturated carbocycles. The van der Waals surface area contributed by atoms with Crippen LogP contribution >= 0.6 is 22.7 Å². The van der Waals surface area contributed by atoms with E-state index in [0.717, 1.165) is 9.75 Å². The molecular formula is C15H15NO3S2. The maximum absolute atomic E-state index is 12.2. The summed E-state index contributed by atoms with van der Waals surface area (Å²) in [6.07, 6.45) is 1.79. The molecule has 0 aliphatic heterocycles. The Morgan fingerprint density at radius 2 is 2.00 bits per heavy atom. The van der Waals surface area contributed by atoms with Crippen LogP contribution in [0.2, 0.25) is 0 Å². The Labute approximate surface area is 131 Å². The Balaban J connectivity index is 2.13. The van der Waals surface area contributed by atoms with Crippen LogP contribution in [0.5, 0.6) is 0 Å². The van der Waals surface area contributed by atoms with Gasteiger partial charge in [0, 0.05) is 16.3 Å². The molecule has 2 aromatic heterocycles. The van der Waals surface area contributed by atoms with Gasteiger partial charge < -0.3 is 10.1 Å². The van der Waals surface area contributed by atoms with Crippen molar-refractivity contribution in [1.82, 2.24) is 5.32 Å². The predicted molar refractivity (Wildman–Crippen MR) is 86.2 cm³/mol. The van der Waals surface area contributed by atoms with Gasteiger partial charge in [-0.25, -0.2) is 4.79 Å². The van der Waals surface area contributed by atoms with Crippen LogP contribution in [0.25, 0.3) is 11.6 Å². The fourth-order valence-corrected chi connectivity index (χ4v) is 3.02. The molecule has 0 saturated heterocycles. The summed E-state index contributed by atoms with van der Waals surface area (Å²) in [6, 6.07) is 7.58. The fraction of sp³-hybridized carbons (Fsp3) is 0.200. The van der Waals surface area contributed by atoms with E-state index in [1.54, 1.807) is 6.08 Å². The lowest BCUT2D eigenvalue weighted by Gasteiger charge is -2.07. The van der Waals surface area contributed by atoms with Crippen molar-refractivity contribution in [2.24, 2.45) is 0 Å². The largest absolute Gasteiger partial charge is 0.452 e. The minimum absolute atomic E-state index is 0.264. The number of thiophene rings is 2. The first-order chi connectivity index (χ1) is 10.2. The summed E-state index contributed by atoms with van der Waals surface area (Å²) in [5, 5.41) is 6.43. The van der Waals surface area contributed by atoms with Crippen LogP contribution < -0.4 is 5.32 Å². The molecule has 0 aliphatic rings. The van der Waals surface area contributed by atoms with E-state index in [1.165, 1.54) is 22.7 Å². The number of amides is 1. The van der Waals surface area contributed by atoms with E-state index in [0.29, 0.717) is 12.1 Å². The molecule has 21 heavy (non-hydrogen) atoms. The van der Waals surface area contributed by atoms with Crippen LogP contribution in [0, 0.1) is 0 Å². The maximum Gasteiger partial charge on any atom is 0.340 e. The van der Waals surface area contributed by atoms with E-state index >= 15 is 0 Å². The second-order valence-electron chi connectivity index (χ2n) is 4.08. The van der Waals surface area contributed by atoms with Crippen LogP contribution in [0.15, 0.2) is 35.0 Å². The van der Waals surface area contributed by atoms with Crippen molar-refractivity contribution >= 4 is 46.2 Å². The second kappa shape index (κ2) is 7.75. The smallest absolute Gasteiger partial charge is 0.340 e. The van der Waals surface area contributed by atoms with Crippen LogP contribution in [0.4, 0.5) is 0 Å². The summed E-state index contributed by atoms with van der Waals surface area (Å²) >= 11 is 3.00. The number of esters is 1. The zero-order valence-electron chi connectivity index (χ0n) is 11.5. The number of carbonyl (C=O) groups excluding carboxylic acids is 2. The summed E-state index contributed by atoms with van der Waals surface area (Å²) in [5.41, 5.74) is 0.469. The van der Waals surface area contributed by atoms with E-state index in [-0.39, 0.29) is 12.5 Å². The van der Waals surface area contributed by atoms with E-state index in [2.05, 4.69) is 5.32 Å². The van der Waals surface area contributed by atoms with Crippen LogP contribution in [-0.2, 0) is 14.3 Å². The van der Waals surface area contributed by atoms with Crippen LogP contribution in [-0.4, -0.2) is 25.0 Å². The van der Waals surface area contributed by atoms with Gasteiger partial charge in [0.1, 0.15) is 0 Å². The third kappa shape index (κ3) is 4.54. The van der Waals surface area contributed by atoms with Crippen molar-refractivity contribution in [2.75, 3.05) is 13.2 Å². The highest BCUT2D eigenvalue weighted by Crippen LogP contribution is 2.25. The first-order valence-corrected chi connectivity index (χ1v) is 8.19. The summed E-state index contributed by atoms with van der Waals surface area (Å²) < 4.78 is 5.08. The Bertz CT molecular complexity index is 615. The summed E-state index contributed by atoms with van der Waals surface area (Å²) in [5.74, 6) is -0.787. The number of ether oxygens (including phenoxy) is 1. The molecule has 0 radical (unpaired) electrons. The Morgan fingerprint density at radius 3 is 2.62 bits per heavy atom. The zero-order chi connectivity index (χ0) is 15.1. The molecule has 1 N–H and O–H groups in total. The molecule has 0 spiro atoms. The van der Waals surface area contributed by atoms with Crippen molar-refractivity contribution in [2.45, 2.75) is 6.92 Å². The van der Waals surface area contributed by atoms with Gasteiger partial charge in [-0.2, -0.15) is 0 Å². The minimum Gasteiger partial charge on any atom is -0.452 e. The Morgan fingerprint density at radius 1 is 1.24 bits per heavy atom. The third-order valence-corrected chi connectivity index (χ3v) is 4.27.